The van der Waals surface area contributed by atoms with Gasteiger partial charge < -0.3 is 16.0 Å². The van der Waals surface area contributed by atoms with Crippen LogP contribution in [0.15, 0.2) is 78.9 Å². The number of hydrogen-bond donors (Lipinski definition) is 3. The lowest BCUT2D eigenvalue weighted by Gasteiger charge is -2.21. The molecule has 0 fully saturated rings. The first kappa shape index (κ1) is 19.5. The number of carbonyl (C=O) groups excluding carboxylic acids is 1. The van der Waals surface area contributed by atoms with Crippen LogP contribution in [0.3, 0.4) is 0 Å². The van der Waals surface area contributed by atoms with E-state index in [0.29, 0.717) is 5.69 Å². The average molecular weight is 393 g/mol. The van der Waals surface area contributed by atoms with E-state index in [1.54, 1.807) is 12.1 Å². The molecule has 0 aliphatic carbocycles. The summed E-state index contributed by atoms with van der Waals surface area (Å²) in [4.78, 5) is 13.0. The van der Waals surface area contributed by atoms with Crippen LogP contribution < -0.4 is 16.0 Å². The van der Waals surface area contributed by atoms with Gasteiger partial charge in [-0.2, -0.15) is 0 Å². The molecule has 0 aromatic heterocycles. The van der Waals surface area contributed by atoms with Gasteiger partial charge in [0.2, 0.25) is 0 Å². The summed E-state index contributed by atoms with van der Waals surface area (Å²) in [6, 6.07) is 22.0. The molecular weight excluding hydrogens is 373 g/mol. The Bertz CT molecular complexity index is 961. The van der Waals surface area contributed by atoms with Crippen LogP contribution >= 0.6 is 12.2 Å². The molecule has 0 saturated carbocycles. The molecular formula is C22H20FN3OS. The molecule has 28 heavy (non-hydrogen) atoms. The van der Waals surface area contributed by atoms with Gasteiger partial charge in [-0.1, -0.05) is 48.5 Å². The highest BCUT2D eigenvalue weighted by Gasteiger charge is 2.22. The Morgan fingerprint density at radius 2 is 1.54 bits per heavy atom. The molecule has 0 heterocycles. The molecule has 3 aromatic rings. The molecule has 0 saturated heterocycles. The molecule has 1 atom stereocenters. The number of carbonyl (C=O) groups is 1. The van der Waals surface area contributed by atoms with Gasteiger partial charge in [0.05, 0.1) is 0 Å². The standard InChI is InChI=1S/C22H20FN3OS/c1-15-7-5-6-10-19(15)25-21(27)20(16-8-3-2-4-9-16)26-22(28)24-18-13-11-17(23)12-14-18/h2-14,20H,1H3,(H,25,27)(H2,24,26,28). The number of hydrogen-bond acceptors (Lipinski definition) is 2. The Hall–Kier alpha value is -3.25. The summed E-state index contributed by atoms with van der Waals surface area (Å²) in [6.07, 6.45) is 0. The minimum Gasteiger partial charge on any atom is -0.347 e. The quantitative estimate of drug-likeness (QED) is 0.545. The molecule has 6 heteroatoms. The monoisotopic (exact) mass is 393 g/mol. The third kappa shape index (κ3) is 5.14. The molecule has 3 N–H and O–H groups in total. The summed E-state index contributed by atoms with van der Waals surface area (Å²) >= 11 is 5.36. The van der Waals surface area contributed by atoms with E-state index in [1.165, 1.54) is 12.1 Å². The van der Waals surface area contributed by atoms with Gasteiger partial charge >= 0.3 is 0 Å². The van der Waals surface area contributed by atoms with Gasteiger partial charge in [-0.15, -0.1) is 0 Å². The predicted octanol–water partition coefficient (Wildman–Crippen LogP) is 4.80. The fourth-order valence-electron chi connectivity index (χ4n) is 2.70. The van der Waals surface area contributed by atoms with Crippen molar-refractivity contribution in [3.63, 3.8) is 0 Å². The van der Waals surface area contributed by atoms with Crippen molar-refractivity contribution >= 4 is 34.6 Å². The largest absolute Gasteiger partial charge is 0.347 e. The normalized spacial score (nSPS) is 11.4. The van der Waals surface area contributed by atoms with Crippen molar-refractivity contribution in [3.8, 4) is 0 Å². The molecule has 4 nitrogen and oxygen atoms in total. The van der Waals surface area contributed by atoms with Gasteiger partial charge in [-0.3, -0.25) is 4.79 Å². The molecule has 3 rings (SSSR count). The summed E-state index contributed by atoms with van der Waals surface area (Å²) in [5, 5.41) is 9.23. The van der Waals surface area contributed by atoms with Crippen molar-refractivity contribution < 1.29 is 9.18 Å². The van der Waals surface area contributed by atoms with Crippen molar-refractivity contribution in [2.75, 3.05) is 10.6 Å². The van der Waals surface area contributed by atoms with Gasteiger partial charge in [0.15, 0.2) is 5.11 Å². The van der Waals surface area contributed by atoms with Crippen molar-refractivity contribution in [1.29, 1.82) is 0 Å². The Kier molecular flexibility index (Phi) is 6.34. The number of nitrogens with one attached hydrogen (secondary N) is 3. The van der Waals surface area contributed by atoms with Crippen LogP contribution in [0.5, 0.6) is 0 Å². The first-order valence-corrected chi connectivity index (χ1v) is 9.18. The fourth-order valence-corrected chi connectivity index (χ4v) is 2.93. The maximum atomic E-state index is 13.1. The molecule has 142 valence electrons. The third-order valence-corrected chi connectivity index (χ3v) is 4.40. The summed E-state index contributed by atoms with van der Waals surface area (Å²) in [5.74, 6) is -0.562. The van der Waals surface area contributed by atoms with Crippen LogP contribution in [0.2, 0.25) is 0 Å². The second-order valence-corrected chi connectivity index (χ2v) is 6.66. The number of benzene rings is 3. The van der Waals surface area contributed by atoms with E-state index >= 15 is 0 Å². The summed E-state index contributed by atoms with van der Waals surface area (Å²) < 4.78 is 13.1. The summed E-state index contributed by atoms with van der Waals surface area (Å²) in [5.41, 5.74) is 3.11. The average Bonchev–Trinajstić information content (AvgIpc) is 2.70. The molecule has 1 unspecified atom stereocenters. The van der Waals surface area contributed by atoms with Crippen LogP contribution in [0, 0.1) is 12.7 Å². The van der Waals surface area contributed by atoms with E-state index in [4.69, 9.17) is 12.2 Å². The van der Waals surface area contributed by atoms with Crippen LogP contribution in [-0.4, -0.2) is 11.0 Å². The van der Waals surface area contributed by atoms with Gasteiger partial charge in [-0.25, -0.2) is 4.39 Å². The van der Waals surface area contributed by atoms with E-state index in [9.17, 15) is 9.18 Å². The SMILES string of the molecule is Cc1ccccc1NC(=O)C(NC(=S)Nc1ccc(F)cc1)c1ccccc1. The van der Waals surface area contributed by atoms with Crippen LogP contribution in [-0.2, 0) is 4.79 Å². The van der Waals surface area contributed by atoms with Crippen molar-refractivity contribution in [1.82, 2.24) is 5.32 Å². The smallest absolute Gasteiger partial charge is 0.251 e. The highest BCUT2D eigenvalue weighted by molar-refractivity contribution is 7.80. The number of rotatable bonds is 5. The van der Waals surface area contributed by atoms with E-state index in [0.717, 1.165) is 16.8 Å². The third-order valence-electron chi connectivity index (χ3n) is 4.18. The maximum Gasteiger partial charge on any atom is 0.251 e. The molecule has 3 aromatic carbocycles. The Labute approximate surface area is 168 Å². The minimum atomic E-state index is -0.693. The minimum absolute atomic E-state index is 0.233. The zero-order chi connectivity index (χ0) is 19.9. The van der Waals surface area contributed by atoms with Crippen LogP contribution in [0.4, 0.5) is 15.8 Å². The van der Waals surface area contributed by atoms with E-state index in [2.05, 4.69) is 16.0 Å². The van der Waals surface area contributed by atoms with Crippen molar-refractivity contribution in [2.24, 2.45) is 0 Å². The Morgan fingerprint density at radius 3 is 2.21 bits per heavy atom. The number of thiocarbonyl (C=S) groups is 1. The zero-order valence-electron chi connectivity index (χ0n) is 15.3. The Balaban J connectivity index is 1.77. The summed E-state index contributed by atoms with van der Waals surface area (Å²) in [7, 11) is 0. The van der Waals surface area contributed by atoms with Gasteiger partial charge in [0, 0.05) is 11.4 Å². The van der Waals surface area contributed by atoms with Gasteiger partial charge in [0.25, 0.3) is 5.91 Å². The molecule has 0 aliphatic rings. The molecule has 0 spiro atoms. The van der Waals surface area contributed by atoms with Gasteiger partial charge in [-0.05, 0) is 60.6 Å². The first-order chi connectivity index (χ1) is 13.5. The second-order valence-electron chi connectivity index (χ2n) is 6.25. The van der Waals surface area contributed by atoms with Crippen LogP contribution in [0.1, 0.15) is 17.2 Å². The zero-order valence-corrected chi connectivity index (χ0v) is 16.1. The summed E-state index contributed by atoms with van der Waals surface area (Å²) in [6.45, 7) is 1.93. The number of para-hydroxylation sites is 1. The van der Waals surface area contributed by atoms with Crippen LogP contribution in [0.25, 0.3) is 0 Å². The lowest BCUT2D eigenvalue weighted by Crippen LogP contribution is -2.39. The van der Waals surface area contributed by atoms with Crippen molar-refractivity contribution in [3.05, 3.63) is 95.8 Å². The lowest BCUT2D eigenvalue weighted by atomic mass is 10.1. The van der Waals surface area contributed by atoms with E-state index in [1.807, 2.05) is 61.5 Å². The lowest BCUT2D eigenvalue weighted by molar-refractivity contribution is -0.117. The van der Waals surface area contributed by atoms with Crippen molar-refractivity contribution in [2.45, 2.75) is 13.0 Å². The molecule has 0 bridgehead atoms. The second kappa shape index (κ2) is 9.10. The highest BCUT2D eigenvalue weighted by atomic mass is 32.1. The number of halogens is 1. The molecule has 0 aliphatic heterocycles. The van der Waals surface area contributed by atoms with E-state index < -0.39 is 6.04 Å². The fraction of sp³-hybridized carbons (Fsp3) is 0.0909. The first-order valence-electron chi connectivity index (χ1n) is 8.77. The maximum absolute atomic E-state index is 13.1. The number of amides is 1. The number of anilines is 2. The topological polar surface area (TPSA) is 53.2 Å². The molecule has 1 amide bonds. The molecule has 0 radical (unpaired) electrons. The highest BCUT2D eigenvalue weighted by Crippen LogP contribution is 2.19. The number of aryl methyl sites for hydroxylation is 1. The van der Waals surface area contributed by atoms with E-state index in [-0.39, 0.29) is 16.8 Å². The Morgan fingerprint density at radius 1 is 0.893 bits per heavy atom. The van der Waals surface area contributed by atoms with Gasteiger partial charge in [0.1, 0.15) is 11.9 Å². The predicted molar refractivity (Wildman–Crippen MR) is 115 cm³/mol.